The van der Waals surface area contributed by atoms with Crippen molar-refractivity contribution < 1.29 is 32.3 Å². The van der Waals surface area contributed by atoms with Crippen LogP contribution in [0.1, 0.15) is 59.7 Å². The Kier molecular flexibility index (Phi) is 11.9. The van der Waals surface area contributed by atoms with Gasteiger partial charge in [0.2, 0.25) is 6.17 Å². The summed E-state index contributed by atoms with van der Waals surface area (Å²) in [5.41, 5.74) is 5.17. The number of amides is 3. The molecule has 1 aliphatic rings. The first-order valence-electron chi connectivity index (χ1n) is 16.8. The summed E-state index contributed by atoms with van der Waals surface area (Å²) in [5.74, 6) is -2.29. The smallest absolute Gasteiger partial charge is 0.340 e. The van der Waals surface area contributed by atoms with Gasteiger partial charge >= 0.3 is 12.0 Å². The molecule has 1 unspecified atom stereocenters. The van der Waals surface area contributed by atoms with Crippen LogP contribution in [0.4, 0.5) is 26.2 Å². The molecule has 12 heteroatoms. The van der Waals surface area contributed by atoms with E-state index in [4.69, 9.17) is 5.11 Å². The standard InChI is InChI=1S/C39H41FN4O6S/c1-3-44(34-12-8-5-9-13-34)51(49,50)36-24-32(21-14-27(36)2)42-39(48)43(33-22-19-30(20-23-33)29-10-6-4-7-11-29)26-28-15-17-31(18-16-28)37(45)41-25-35(40)38(46)47/h5,8-10,12-24,35H,3-4,6-7,11,25-26H2,1-2H3,(H,41,45)(H,42,48)(H,46,47). The molecule has 4 aromatic carbocycles. The van der Waals surface area contributed by atoms with Gasteiger partial charge in [-0.25, -0.2) is 22.4 Å². The van der Waals surface area contributed by atoms with E-state index in [9.17, 15) is 27.2 Å². The number of sulfonamides is 1. The zero-order valence-electron chi connectivity index (χ0n) is 28.5. The van der Waals surface area contributed by atoms with Gasteiger partial charge in [-0.3, -0.25) is 14.0 Å². The lowest BCUT2D eigenvalue weighted by atomic mass is 9.93. The fourth-order valence-electron chi connectivity index (χ4n) is 5.90. The number of carbonyl (C=O) groups excluding carboxylic acids is 2. The average Bonchev–Trinajstić information content (AvgIpc) is 3.14. The lowest BCUT2D eigenvalue weighted by Gasteiger charge is -2.26. The van der Waals surface area contributed by atoms with Crippen molar-refractivity contribution in [3.8, 4) is 0 Å². The quantitative estimate of drug-likeness (QED) is 0.131. The number of para-hydroxylation sites is 1. The third-order valence-electron chi connectivity index (χ3n) is 8.69. The Labute approximate surface area is 297 Å². The van der Waals surface area contributed by atoms with E-state index in [-0.39, 0.29) is 23.5 Å². The normalized spacial score (nSPS) is 13.4. The molecule has 0 radical (unpaired) electrons. The van der Waals surface area contributed by atoms with Crippen molar-refractivity contribution in [3.63, 3.8) is 0 Å². The third-order valence-corrected chi connectivity index (χ3v) is 10.7. The molecule has 0 aliphatic heterocycles. The number of urea groups is 1. The predicted octanol–water partition coefficient (Wildman–Crippen LogP) is 7.56. The minimum atomic E-state index is -3.97. The molecule has 0 heterocycles. The number of rotatable bonds is 13. The Balaban J connectivity index is 1.41. The zero-order chi connectivity index (χ0) is 36.5. The molecule has 266 valence electrons. The number of carbonyl (C=O) groups is 3. The van der Waals surface area contributed by atoms with Crippen LogP contribution in [0.15, 0.2) is 108 Å². The van der Waals surface area contributed by atoms with Crippen molar-refractivity contribution in [1.82, 2.24) is 5.32 Å². The number of nitrogens with zero attached hydrogens (tertiary/aromatic N) is 2. The van der Waals surface area contributed by atoms with Gasteiger partial charge in [0.15, 0.2) is 0 Å². The van der Waals surface area contributed by atoms with Crippen molar-refractivity contribution in [2.45, 2.75) is 57.1 Å². The topological polar surface area (TPSA) is 136 Å². The lowest BCUT2D eigenvalue weighted by Crippen LogP contribution is -2.35. The first-order chi connectivity index (χ1) is 24.5. The minimum Gasteiger partial charge on any atom is -0.479 e. The highest BCUT2D eigenvalue weighted by atomic mass is 32.2. The van der Waals surface area contributed by atoms with E-state index >= 15 is 0 Å². The van der Waals surface area contributed by atoms with Gasteiger partial charge in [-0.1, -0.05) is 54.6 Å². The van der Waals surface area contributed by atoms with E-state index in [0.29, 0.717) is 28.2 Å². The van der Waals surface area contributed by atoms with Gasteiger partial charge in [-0.05, 0) is 110 Å². The summed E-state index contributed by atoms with van der Waals surface area (Å²) in [6, 6.07) is 27.1. The molecule has 4 aromatic rings. The second kappa shape index (κ2) is 16.5. The van der Waals surface area contributed by atoms with E-state index in [0.717, 1.165) is 24.8 Å². The van der Waals surface area contributed by atoms with Gasteiger partial charge in [-0.15, -0.1) is 0 Å². The van der Waals surface area contributed by atoms with Crippen LogP contribution < -0.4 is 19.8 Å². The molecule has 0 spiro atoms. The number of aliphatic carboxylic acids is 1. The Hall–Kier alpha value is -5.49. The monoisotopic (exact) mass is 712 g/mol. The number of anilines is 3. The average molecular weight is 713 g/mol. The van der Waals surface area contributed by atoms with Gasteiger partial charge in [-0.2, -0.15) is 0 Å². The van der Waals surface area contributed by atoms with Crippen LogP contribution in [0, 0.1) is 6.92 Å². The van der Waals surface area contributed by atoms with Gasteiger partial charge in [0.25, 0.3) is 15.9 Å². The molecule has 51 heavy (non-hydrogen) atoms. The van der Waals surface area contributed by atoms with Crippen LogP contribution in [0.2, 0.25) is 0 Å². The van der Waals surface area contributed by atoms with Crippen molar-refractivity contribution >= 4 is 50.6 Å². The first kappa shape index (κ1) is 36.8. The third kappa shape index (κ3) is 9.01. The fourth-order valence-corrected chi connectivity index (χ4v) is 7.63. The second-order valence-corrected chi connectivity index (χ2v) is 14.1. The van der Waals surface area contributed by atoms with E-state index < -0.39 is 40.6 Å². The Morgan fingerprint density at radius 2 is 1.61 bits per heavy atom. The summed E-state index contributed by atoms with van der Waals surface area (Å²) in [5, 5.41) is 13.9. The Morgan fingerprint density at radius 1 is 0.902 bits per heavy atom. The van der Waals surface area contributed by atoms with Crippen LogP contribution in [0.25, 0.3) is 5.57 Å². The minimum absolute atomic E-state index is 0.0685. The number of hydrogen-bond acceptors (Lipinski definition) is 5. The largest absolute Gasteiger partial charge is 0.479 e. The van der Waals surface area contributed by atoms with Gasteiger partial charge in [0.05, 0.1) is 23.7 Å². The van der Waals surface area contributed by atoms with Crippen molar-refractivity contribution in [2.75, 3.05) is 27.6 Å². The highest BCUT2D eigenvalue weighted by Crippen LogP contribution is 2.30. The summed E-state index contributed by atoms with van der Waals surface area (Å²) >= 11 is 0. The molecular weight excluding hydrogens is 672 g/mol. The molecule has 0 saturated carbocycles. The highest BCUT2D eigenvalue weighted by Gasteiger charge is 2.27. The van der Waals surface area contributed by atoms with Gasteiger partial charge in [0, 0.05) is 23.5 Å². The molecule has 3 N–H and O–H groups in total. The van der Waals surface area contributed by atoms with Crippen LogP contribution in [-0.4, -0.2) is 50.7 Å². The SMILES string of the molecule is CCN(c1ccccc1)S(=O)(=O)c1cc(NC(=O)N(Cc2ccc(C(=O)NCC(F)C(=O)O)cc2)c2ccc(C3=CCCCC3)cc2)ccc1C. The summed E-state index contributed by atoms with van der Waals surface area (Å²) < 4.78 is 42.6. The molecule has 0 bridgehead atoms. The second-order valence-electron chi connectivity index (χ2n) is 12.2. The highest BCUT2D eigenvalue weighted by molar-refractivity contribution is 7.92. The summed E-state index contributed by atoms with van der Waals surface area (Å²) in [6.45, 7) is 3.11. The van der Waals surface area contributed by atoms with E-state index in [1.54, 1.807) is 62.4 Å². The first-order valence-corrected chi connectivity index (χ1v) is 18.2. The maximum absolute atomic E-state index is 14.0. The molecule has 3 amide bonds. The summed E-state index contributed by atoms with van der Waals surface area (Å²) in [4.78, 5) is 38.8. The molecule has 0 saturated heterocycles. The van der Waals surface area contributed by atoms with Gasteiger partial charge < -0.3 is 15.7 Å². The number of alkyl halides is 1. The maximum atomic E-state index is 14.0. The molecule has 1 aliphatic carbocycles. The molecule has 0 aromatic heterocycles. The summed E-state index contributed by atoms with van der Waals surface area (Å²) in [6.07, 6.45) is 4.34. The molecular formula is C39H41FN4O6S. The number of carboxylic acids is 1. The Morgan fingerprint density at radius 3 is 2.24 bits per heavy atom. The van der Waals surface area contributed by atoms with E-state index in [1.807, 2.05) is 30.3 Å². The van der Waals surface area contributed by atoms with Gasteiger partial charge in [0.1, 0.15) is 0 Å². The van der Waals surface area contributed by atoms with E-state index in [2.05, 4.69) is 16.7 Å². The summed E-state index contributed by atoms with van der Waals surface area (Å²) in [7, 11) is -3.97. The number of benzene rings is 4. The van der Waals surface area contributed by atoms with Crippen molar-refractivity contribution in [2.24, 2.45) is 0 Å². The van der Waals surface area contributed by atoms with Crippen LogP contribution in [-0.2, 0) is 21.4 Å². The van der Waals surface area contributed by atoms with Crippen molar-refractivity contribution in [1.29, 1.82) is 0 Å². The van der Waals surface area contributed by atoms with Crippen LogP contribution >= 0.6 is 0 Å². The Bertz CT molecular complexity index is 2000. The number of hydrogen-bond donors (Lipinski definition) is 3. The van der Waals surface area contributed by atoms with Crippen LogP contribution in [0.3, 0.4) is 0 Å². The number of nitrogens with one attached hydrogen (secondary N) is 2. The maximum Gasteiger partial charge on any atom is 0.340 e. The van der Waals surface area contributed by atoms with Crippen molar-refractivity contribution in [3.05, 3.63) is 125 Å². The number of halogens is 1. The molecule has 0 fully saturated rings. The number of allylic oxidation sites excluding steroid dienone is 2. The zero-order valence-corrected chi connectivity index (χ0v) is 29.3. The number of aryl methyl sites for hydroxylation is 1. The molecule has 10 nitrogen and oxygen atoms in total. The molecule has 5 rings (SSSR count). The fraction of sp³-hybridized carbons (Fsp3) is 0.256. The predicted molar refractivity (Wildman–Crippen MR) is 197 cm³/mol. The lowest BCUT2D eigenvalue weighted by molar-refractivity contribution is -0.142. The van der Waals surface area contributed by atoms with Crippen LogP contribution in [0.5, 0.6) is 0 Å². The van der Waals surface area contributed by atoms with E-state index in [1.165, 1.54) is 39.4 Å². The molecule has 1 atom stereocenters. The number of carboxylic acid groups (broad SMARTS) is 1.